The zero-order chi connectivity index (χ0) is 19.4. The minimum Gasteiger partial charge on any atom is -0.368 e. The summed E-state index contributed by atoms with van der Waals surface area (Å²) in [7, 11) is 2.03. The molecule has 2 amide bonds. The van der Waals surface area contributed by atoms with E-state index in [1.165, 1.54) is 10.9 Å². The van der Waals surface area contributed by atoms with Gasteiger partial charge in [-0.3, -0.25) is 14.5 Å². The topological polar surface area (TPSA) is 84.5 Å². The fraction of sp³-hybridized carbons (Fsp3) is 0.571. The summed E-state index contributed by atoms with van der Waals surface area (Å²) in [6.07, 6.45) is 7.43. The molecule has 28 heavy (non-hydrogen) atoms. The number of hydrogen-bond acceptors (Lipinski definition) is 4. The number of likely N-dealkylation sites (tertiary alicyclic amines) is 1. The first-order valence-electron chi connectivity index (χ1n) is 10.2. The first-order valence-corrected chi connectivity index (χ1v) is 10.2. The molecule has 3 saturated heterocycles. The highest BCUT2D eigenvalue weighted by Gasteiger charge is 2.51. The Bertz CT molecular complexity index is 938. The Morgan fingerprint density at radius 2 is 2.14 bits per heavy atom. The van der Waals surface area contributed by atoms with E-state index in [0.717, 1.165) is 44.5 Å². The first-order chi connectivity index (χ1) is 13.5. The number of primary amides is 1. The van der Waals surface area contributed by atoms with E-state index in [-0.39, 0.29) is 23.8 Å². The molecular formula is C21H27N5O2. The second-order valence-corrected chi connectivity index (χ2v) is 8.70. The van der Waals surface area contributed by atoms with Crippen LogP contribution in [0.25, 0.3) is 11.0 Å². The van der Waals surface area contributed by atoms with Crippen LogP contribution in [-0.4, -0.2) is 56.3 Å². The van der Waals surface area contributed by atoms with Crippen LogP contribution in [0.5, 0.6) is 0 Å². The highest BCUT2D eigenvalue weighted by Crippen LogP contribution is 2.42. The van der Waals surface area contributed by atoms with Gasteiger partial charge in [-0.15, -0.1) is 0 Å². The van der Waals surface area contributed by atoms with E-state index in [9.17, 15) is 9.59 Å². The maximum Gasteiger partial charge on any atom is 0.240 e. The van der Waals surface area contributed by atoms with Crippen molar-refractivity contribution in [2.75, 3.05) is 13.1 Å². The number of carbonyl (C=O) groups is 2. The van der Waals surface area contributed by atoms with Gasteiger partial charge in [0.05, 0.1) is 0 Å². The van der Waals surface area contributed by atoms with Gasteiger partial charge < -0.3 is 15.2 Å². The number of nitrogens with zero attached hydrogens (tertiary/aromatic N) is 4. The molecule has 0 saturated carbocycles. The lowest BCUT2D eigenvalue weighted by Crippen LogP contribution is -2.67. The van der Waals surface area contributed by atoms with E-state index < -0.39 is 6.04 Å². The van der Waals surface area contributed by atoms with E-state index >= 15 is 0 Å². The van der Waals surface area contributed by atoms with Crippen molar-refractivity contribution in [2.45, 2.75) is 44.3 Å². The zero-order valence-corrected chi connectivity index (χ0v) is 16.3. The summed E-state index contributed by atoms with van der Waals surface area (Å²) < 4.78 is 2.07. The predicted octanol–water partition coefficient (Wildman–Crippen LogP) is 1.26. The summed E-state index contributed by atoms with van der Waals surface area (Å²) in [5.74, 6) is 0.317. The number of hydrogen-bond donors (Lipinski definition) is 1. The number of amides is 2. The van der Waals surface area contributed by atoms with Crippen LogP contribution < -0.4 is 5.73 Å². The maximum atomic E-state index is 12.6. The average molecular weight is 381 g/mol. The van der Waals surface area contributed by atoms with Crippen LogP contribution in [0.1, 0.15) is 31.2 Å². The summed E-state index contributed by atoms with van der Waals surface area (Å²) in [6, 6.07) is 3.81. The number of pyridine rings is 1. The van der Waals surface area contributed by atoms with Gasteiger partial charge in [0.25, 0.3) is 0 Å². The number of piperidine rings is 3. The zero-order valence-electron chi connectivity index (χ0n) is 16.3. The largest absolute Gasteiger partial charge is 0.368 e. The quantitative estimate of drug-likeness (QED) is 0.868. The molecule has 0 spiro atoms. The molecule has 2 N–H and O–H groups in total. The Kier molecular flexibility index (Phi) is 4.16. The molecule has 4 atom stereocenters. The number of fused-ring (bicyclic) bond motifs is 5. The normalized spacial score (nSPS) is 30.5. The van der Waals surface area contributed by atoms with Crippen LogP contribution >= 0.6 is 0 Å². The molecule has 7 nitrogen and oxygen atoms in total. The number of nitrogens with two attached hydrogens (primary N) is 1. The SMILES string of the molecule is Cn1cc(CN2C[C@@H]3C[C@H](C2)[C@H](C(N)=O)N2C(=O)CCC[C@@H]32)c2cccnc21. The van der Waals surface area contributed by atoms with Gasteiger partial charge in [0.15, 0.2) is 0 Å². The van der Waals surface area contributed by atoms with Crippen LogP contribution in [0.2, 0.25) is 0 Å². The van der Waals surface area contributed by atoms with Gasteiger partial charge in [-0.1, -0.05) is 0 Å². The average Bonchev–Trinajstić information content (AvgIpc) is 2.98. The predicted molar refractivity (Wildman–Crippen MR) is 105 cm³/mol. The third-order valence-electron chi connectivity index (χ3n) is 6.92. The molecule has 3 fully saturated rings. The van der Waals surface area contributed by atoms with Gasteiger partial charge >= 0.3 is 0 Å². The number of aromatic nitrogens is 2. The summed E-state index contributed by atoms with van der Waals surface area (Å²) in [6.45, 7) is 2.60. The molecule has 3 aliphatic rings. The van der Waals surface area contributed by atoms with Gasteiger partial charge in [0.1, 0.15) is 11.7 Å². The Morgan fingerprint density at radius 1 is 1.32 bits per heavy atom. The molecule has 2 aromatic rings. The Labute approximate surface area is 164 Å². The molecule has 2 aromatic heterocycles. The van der Waals surface area contributed by atoms with Crippen LogP contribution in [0.15, 0.2) is 24.5 Å². The summed E-state index contributed by atoms with van der Waals surface area (Å²) in [4.78, 5) is 33.7. The molecule has 0 unspecified atom stereocenters. The van der Waals surface area contributed by atoms with Gasteiger partial charge in [-0.2, -0.15) is 0 Å². The minimum absolute atomic E-state index is 0.114. The van der Waals surface area contributed by atoms with E-state index in [1.807, 2.05) is 24.2 Å². The van der Waals surface area contributed by atoms with Crippen molar-refractivity contribution in [3.05, 3.63) is 30.1 Å². The van der Waals surface area contributed by atoms with Crippen molar-refractivity contribution < 1.29 is 9.59 Å². The molecule has 5 rings (SSSR count). The fourth-order valence-electron chi connectivity index (χ4n) is 5.91. The molecule has 3 aliphatic heterocycles. The lowest BCUT2D eigenvalue weighted by molar-refractivity contribution is -0.159. The molecule has 0 aliphatic carbocycles. The lowest BCUT2D eigenvalue weighted by Gasteiger charge is -2.55. The molecule has 0 radical (unpaired) electrons. The van der Waals surface area contributed by atoms with Gasteiger partial charge in [-0.05, 0) is 42.9 Å². The standard InChI is InChI=1S/C21H27N5O2/c1-24-9-15(16-4-3-7-23-21(16)24)12-25-10-13-8-14(11-25)19(20(22)28)26-17(13)5-2-6-18(26)27/h3-4,7,9,13-14,17,19H,2,5-6,8,10-12H2,1H3,(H2,22,28)/t13-,14+,17-,19+/m0/s1. The Balaban J connectivity index is 1.43. The summed E-state index contributed by atoms with van der Waals surface area (Å²) in [5, 5.41) is 1.18. The second-order valence-electron chi connectivity index (χ2n) is 8.70. The summed E-state index contributed by atoms with van der Waals surface area (Å²) >= 11 is 0. The number of carbonyl (C=O) groups excluding carboxylic acids is 2. The van der Waals surface area contributed by atoms with Crippen LogP contribution in [0.4, 0.5) is 0 Å². The molecule has 2 bridgehead atoms. The van der Waals surface area contributed by atoms with E-state index in [2.05, 4.69) is 26.7 Å². The van der Waals surface area contributed by atoms with Crippen molar-refractivity contribution >= 4 is 22.8 Å². The molecular weight excluding hydrogens is 354 g/mol. The molecule has 0 aromatic carbocycles. The Morgan fingerprint density at radius 3 is 2.96 bits per heavy atom. The Hall–Kier alpha value is -2.41. The minimum atomic E-state index is -0.453. The van der Waals surface area contributed by atoms with Crippen molar-refractivity contribution in [3.8, 4) is 0 Å². The highest BCUT2D eigenvalue weighted by molar-refractivity contribution is 5.88. The molecule has 7 heteroatoms. The maximum absolute atomic E-state index is 12.6. The van der Waals surface area contributed by atoms with E-state index in [1.54, 1.807) is 0 Å². The lowest BCUT2D eigenvalue weighted by atomic mass is 9.72. The second kappa shape index (κ2) is 6.58. The van der Waals surface area contributed by atoms with Crippen molar-refractivity contribution in [1.82, 2.24) is 19.4 Å². The highest BCUT2D eigenvalue weighted by atomic mass is 16.2. The number of rotatable bonds is 3. The third-order valence-corrected chi connectivity index (χ3v) is 6.92. The van der Waals surface area contributed by atoms with Crippen LogP contribution in [0.3, 0.4) is 0 Å². The van der Waals surface area contributed by atoms with Gasteiger partial charge in [0, 0.05) is 62.8 Å². The van der Waals surface area contributed by atoms with Gasteiger partial charge in [-0.25, -0.2) is 4.98 Å². The smallest absolute Gasteiger partial charge is 0.240 e. The van der Waals surface area contributed by atoms with E-state index in [4.69, 9.17) is 5.73 Å². The van der Waals surface area contributed by atoms with Crippen LogP contribution in [0, 0.1) is 11.8 Å². The monoisotopic (exact) mass is 381 g/mol. The van der Waals surface area contributed by atoms with Crippen molar-refractivity contribution in [2.24, 2.45) is 24.6 Å². The van der Waals surface area contributed by atoms with Crippen molar-refractivity contribution in [1.29, 1.82) is 0 Å². The molecule has 148 valence electrons. The third kappa shape index (κ3) is 2.71. The fourth-order valence-corrected chi connectivity index (χ4v) is 5.91. The first kappa shape index (κ1) is 17.7. The van der Waals surface area contributed by atoms with Crippen molar-refractivity contribution in [3.63, 3.8) is 0 Å². The number of aryl methyl sites for hydroxylation is 1. The van der Waals surface area contributed by atoms with Crippen LogP contribution in [-0.2, 0) is 23.2 Å². The van der Waals surface area contributed by atoms with Gasteiger partial charge in [0.2, 0.25) is 11.8 Å². The summed E-state index contributed by atoms with van der Waals surface area (Å²) in [5.41, 5.74) is 8.04. The molecule has 5 heterocycles. The van der Waals surface area contributed by atoms with E-state index in [0.29, 0.717) is 12.3 Å².